The molecule has 0 fully saturated rings. The number of nitrogens with one attached hydrogen (secondary N) is 1. The molecule has 1 amide bonds. The van der Waals surface area contributed by atoms with E-state index in [0.29, 0.717) is 11.4 Å². The lowest BCUT2D eigenvalue weighted by molar-refractivity contribution is -0.120. The monoisotopic (exact) mass is 333 g/mol. The van der Waals surface area contributed by atoms with E-state index >= 15 is 0 Å². The molecule has 0 aliphatic carbocycles. The van der Waals surface area contributed by atoms with E-state index in [4.69, 9.17) is 5.73 Å². The Kier molecular flexibility index (Phi) is 4.09. The van der Waals surface area contributed by atoms with Gasteiger partial charge in [-0.15, -0.1) is 0 Å². The number of halogens is 1. The number of aromatic nitrogens is 1. The van der Waals surface area contributed by atoms with E-state index in [1.165, 1.54) is 0 Å². The van der Waals surface area contributed by atoms with Gasteiger partial charge in [0.1, 0.15) is 4.60 Å². The van der Waals surface area contributed by atoms with Gasteiger partial charge in [0.2, 0.25) is 5.91 Å². The predicted octanol–water partition coefficient (Wildman–Crippen LogP) is 3.34. The van der Waals surface area contributed by atoms with Gasteiger partial charge in [0.15, 0.2) is 0 Å². The summed E-state index contributed by atoms with van der Waals surface area (Å²) in [5.74, 6) is -0.0913. The molecule has 0 aliphatic heterocycles. The summed E-state index contributed by atoms with van der Waals surface area (Å²) < 4.78 is 0.730. The minimum Gasteiger partial charge on any atom is -0.399 e. The lowest BCUT2D eigenvalue weighted by Gasteiger charge is -2.24. The maximum atomic E-state index is 12.4. The summed E-state index contributed by atoms with van der Waals surface area (Å²) in [5, 5.41) is 2.87. The number of hydrogen-bond acceptors (Lipinski definition) is 3. The Labute approximate surface area is 126 Å². The Morgan fingerprint density at radius 1 is 1.20 bits per heavy atom. The van der Waals surface area contributed by atoms with Gasteiger partial charge in [0, 0.05) is 5.69 Å². The summed E-state index contributed by atoms with van der Waals surface area (Å²) >= 11 is 3.26. The number of pyridine rings is 1. The number of nitrogen functional groups attached to an aromatic ring is 1. The average Bonchev–Trinajstić information content (AvgIpc) is 2.42. The molecule has 3 N–H and O–H groups in total. The van der Waals surface area contributed by atoms with Crippen molar-refractivity contribution in [3.8, 4) is 0 Å². The Balaban J connectivity index is 2.18. The number of nitrogens with two attached hydrogens (primary N) is 1. The van der Waals surface area contributed by atoms with E-state index in [9.17, 15) is 4.79 Å². The lowest BCUT2D eigenvalue weighted by atomic mass is 9.83. The van der Waals surface area contributed by atoms with E-state index in [0.717, 1.165) is 10.2 Å². The second-order valence-electron chi connectivity index (χ2n) is 5.07. The second kappa shape index (κ2) is 5.63. The van der Waals surface area contributed by atoms with Crippen molar-refractivity contribution in [2.24, 2.45) is 0 Å². The van der Waals surface area contributed by atoms with Crippen molar-refractivity contribution >= 4 is 33.2 Å². The first-order chi connectivity index (χ1) is 9.39. The van der Waals surface area contributed by atoms with Crippen molar-refractivity contribution in [3.63, 3.8) is 0 Å². The molecule has 0 saturated heterocycles. The molecule has 1 aromatic carbocycles. The molecular weight excluding hydrogens is 318 g/mol. The number of rotatable bonds is 3. The molecule has 4 nitrogen and oxygen atoms in total. The van der Waals surface area contributed by atoms with Crippen LogP contribution in [0, 0.1) is 0 Å². The van der Waals surface area contributed by atoms with Crippen LogP contribution in [0.5, 0.6) is 0 Å². The lowest BCUT2D eigenvalue weighted by Crippen LogP contribution is -2.34. The number of amides is 1. The highest BCUT2D eigenvalue weighted by atomic mass is 79.9. The first-order valence-corrected chi connectivity index (χ1v) is 6.98. The van der Waals surface area contributed by atoms with Gasteiger partial charge in [-0.05, 0) is 59.6 Å². The highest BCUT2D eigenvalue weighted by Gasteiger charge is 2.29. The summed E-state index contributed by atoms with van der Waals surface area (Å²) in [5.41, 5.74) is 7.28. The van der Waals surface area contributed by atoms with Gasteiger partial charge in [-0.3, -0.25) is 4.79 Å². The van der Waals surface area contributed by atoms with Gasteiger partial charge in [0.05, 0.1) is 17.3 Å². The minimum absolute atomic E-state index is 0.0913. The third kappa shape index (κ3) is 3.17. The Morgan fingerprint density at radius 3 is 2.40 bits per heavy atom. The van der Waals surface area contributed by atoms with Gasteiger partial charge in [0.25, 0.3) is 0 Å². The summed E-state index contributed by atoms with van der Waals surface area (Å²) in [6.45, 7) is 3.75. The molecule has 0 unspecified atom stereocenters. The zero-order valence-electron chi connectivity index (χ0n) is 11.4. The van der Waals surface area contributed by atoms with Crippen LogP contribution in [-0.4, -0.2) is 10.9 Å². The molecule has 0 radical (unpaired) electrons. The summed E-state index contributed by atoms with van der Waals surface area (Å²) in [6.07, 6.45) is 1.61. The molecule has 1 aromatic heterocycles. The number of benzene rings is 1. The van der Waals surface area contributed by atoms with Crippen molar-refractivity contribution in [1.82, 2.24) is 4.98 Å². The van der Waals surface area contributed by atoms with E-state index in [1.54, 1.807) is 30.5 Å². The molecule has 0 saturated carbocycles. The molecular formula is C15H16BrN3O. The summed E-state index contributed by atoms with van der Waals surface area (Å²) in [7, 11) is 0. The highest BCUT2D eigenvalue weighted by molar-refractivity contribution is 9.10. The van der Waals surface area contributed by atoms with E-state index < -0.39 is 5.41 Å². The van der Waals surface area contributed by atoms with Gasteiger partial charge >= 0.3 is 0 Å². The largest absolute Gasteiger partial charge is 0.399 e. The van der Waals surface area contributed by atoms with Crippen LogP contribution >= 0.6 is 15.9 Å². The molecule has 2 rings (SSSR count). The number of anilines is 2. The standard InChI is InChI=1S/C15H16BrN3O/c1-15(2,10-3-5-11(17)6-4-10)14(20)19-12-7-8-13(16)18-9-12/h3-9H,17H2,1-2H3,(H,19,20). The van der Waals surface area contributed by atoms with Gasteiger partial charge in [-0.25, -0.2) is 4.98 Å². The zero-order chi connectivity index (χ0) is 14.8. The van der Waals surface area contributed by atoms with Crippen molar-refractivity contribution in [1.29, 1.82) is 0 Å². The van der Waals surface area contributed by atoms with Crippen LogP contribution in [0.2, 0.25) is 0 Å². The Morgan fingerprint density at radius 2 is 1.85 bits per heavy atom. The van der Waals surface area contributed by atoms with Crippen LogP contribution in [0.25, 0.3) is 0 Å². The number of nitrogens with zero attached hydrogens (tertiary/aromatic N) is 1. The molecule has 0 aliphatic rings. The van der Waals surface area contributed by atoms with Crippen molar-refractivity contribution in [3.05, 3.63) is 52.8 Å². The van der Waals surface area contributed by atoms with Crippen LogP contribution in [0.1, 0.15) is 19.4 Å². The normalized spacial score (nSPS) is 11.2. The van der Waals surface area contributed by atoms with Crippen molar-refractivity contribution in [2.75, 3.05) is 11.1 Å². The number of hydrogen-bond donors (Lipinski definition) is 2. The van der Waals surface area contributed by atoms with Crippen molar-refractivity contribution < 1.29 is 4.79 Å². The Bertz CT molecular complexity index is 606. The van der Waals surface area contributed by atoms with Crippen molar-refractivity contribution in [2.45, 2.75) is 19.3 Å². The molecule has 0 bridgehead atoms. The quantitative estimate of drug-likeness (QED) is 0.668. The minimum atomic E-state index is -0.652. The maximum Gasteiger partial charge on any atom is 0.234 e. The average molecular weight is 334 g/mol. The van der Waals surface area contributed by atoms with Crippen LogP contribution in [0.4, 0.5) is 11.4 Å². The topological polar surface area (TPSA) is 68.0 Å². The Hall–Kier alpha value is -1.88. The van der Waals surface area contributed by atoms with Gasteiger partial charge < -0.3 is 11.1 Å². The first kappa shape index (κ1) is 14.5. The van der Waals surface area contributed by atoms with Gasteiger partial charge in [-0.1, -0.05) is 12.1 Å². The molecule has 0 atom stereocenters. The zero-order valence-corrected chi connectivity index (χ0v) is 12.9. The maximum absolute atomic E-state index is 12.4. The molecule has 1 heterocycles. The second-order valence-corrected chi connectivity index (χ2v) is 5.88. The highest BCUT2D eigenvalue weighted by Crippen LogP contribution is 2.26. The molecule has 20 heavy (non-hydrogen) atoms. The SMILES string of the molecule is CC(C)(C(=O)Nc1ccc(Br)nc1)c1ccc(N)cc1. The third-order valence-electron chi connectivity index (χ3n) is 3.19. The molecule has 5 heteroatoms. The number of carbonyl (C=O) groups is 1. The molecule has 104 valence electrons. The molecule has 0 spiro atoms. The van der Waals surface area contributed by atoms with E-state index in [2.05, 4.69) is 26.2 Å². The van der Waals surface area contributed by atoms with E-state index in [1.807, 2.05) is 26.0 Å². The van der Waals surface area contributed by atoms with Crippen LogP contribution in [-0.2, 0) is 10.2 Å². The number of carbonyl (C=O) groups excluding carboxylic acids is 1. The first-order valence-electron chi connectivity index (χ1n) is 6.18. The van der Waals surface area contributed by atoms with Crippen LogP contribution < -0.4 is 11.1 Å². The fraction of sp³-hybridized carbons (Fsp3) is 0.200. The predicted molar refractivity (Wildman–Crippen MR) is 84.4 cm³/mol. The van der Waals surface area contributed by atoms with Crippen LogP contribution in [0.3, 0.4) is 0 Å². The molecule has 2 aromatic rings. The fourth-order valence-electron chi connectivity index (χ4n) is 1.77. The van der Waals surface area contributed by atoms with E-state index in [-0.39, 0.29) is 5.91 Å². The summed E-state index contributed by atoms with van der Waals surface area (Å²) in [4.78, 5) is 16.5. The smallest absolute Gasteiger partial charge is 0.234 e. The summed E-state index contributed by atoms with van der Waals surface area (Å²) in [6, 6.07) is 10.9. The fourth-order valence-corrected chi connectivity index (χ4v) is 2.00. The third-order valence-corrected chi connectivity index (χ3v) is 3.65. The van der Waals surface area contributed by atoms with Crippen LogP contribution in [0.15, 0.2) is 47.2 Å². The van der Waals surface area contributed by atoms with Gasteiger partial charge in [-0.2, -0.15) is 0 Å².